The van der Waals surface area contributed by atoms with Crippen molar-refractivity contribution in [3.05, 3.63) is 0 Å². The van der Waals surface area contributed by atoms with Crippen molar-refractivity contribution in [1.82, 2.24) is 4.90 Å². The molecule has 0 aromatic rings. The van der Waals surface area contributed by atoms with Crippen LogP contribution < -0.4 is 50.9 Å². The normalized spacial score (nSPS) is 12.1. The zero-order valence-electron chi connectivity index (χ0n) is 43.7. The second-order valence-electron chi connectivity index (χ2n) is 21.7. The summed E-state index contributed by atoms with van der Waals surface area (Å²) in [6, 6.07) is 0. The molecule has 0 radical (unpaired) electrons. The topological polar surface area (TPSA) is 3.24 Å². The molecule has 0 amide bonds. The highest BCUT2D eigenvalue weighted by Crippen LogP contribution is 2.16. The van der Waals surface area contributed by atoms with Gasteiger partial charge in [0.25, 0.3) is 0 Å². The van der Waals surface area contributed by atoms with Crippen LogP contribution in [0.2, 0.25) is 0 Å². The first kappa shape index (κ1) is 68.9. The molecule has 0 aliphatic heterocycles. The molecule has 0 N–H and O–H groups in total. The average molecular weight is 1060 g/mol. The quantitative estimate of drug-likeness (QED) is 0.0489. The first-order valence-corrected chi connectivity index (χ1v) is 27.2. The van der Waals surface area contributed by atoms with Crippen LogP contribution in [0.3, 0.4) is 0 Å². The third-order valence-electron chi connectivity index (χ3n) is 13.9. The second-order valence-corrected chi connectivity index (χ2v) is 21.7. The number of likely N-dealkylation sites (N-methyl/N-ethyl adjacent to an activating group) is 3. The lowest BCUT2D eigenvalue weighted by atomic mass is 10.1. The summed E-state index contributed by atoms with van der Waals surface area (Å²) in [5.41, 5.74) is 0. The van der Waals surface area contributed by atoms with E-state index in [0.29, 0.717) is 0 Å². The molecule has 0 aromatic heterocycles. The van der Waals surface area contributed by atoms with E-state index in [2.05, 4.69) is 68.0 Å². The van der Waals surface area contributed by atoms with Crippen LogP contribution in [-0.2, 0) is 0 Å². The Kier molecular flexibility index (Phi) is 55.5. The zero-order chi connectivity index (χ0) is 42.9. The maximum Gasteiger partial charge on any atom is 0.0911 e. The fourth-order valence-corrected chi connectivity index (χ4v) is 9.05. The minimum absolute atomic E-state index is 0. The third kappa shape index (κ3) is 52.1. The van der Waals surface area contributed by atoms with Crippen molar-refractivity contribution in [3.63, 3.8) is 0 Å². The molecular formula is C54H117Br3N4. The van der Waals surface area contributed by atoms with Crippen LogP contribution in [0.4, 0.5) is 0 Å². The molecule has 0 aromatic carbocycles. The molecule has 7 heteroatoms. The van der Waals surface area contributed by atoms with E-state index in [0.717, 1.165) is 0 Å². The summed E-state index contributed by atoms with van der Waals surface area (Å²) in [6.07, 6.45) is 51.9. The standard InChI is InChI=1S/C54H117N4.3BrH/c1-10-13-16-19-22-25-28-31-34-37-40-43-49-56(4,5)52-46-55(47-53-57(6,7)50-44-41-38-35-32-29-26-23-20-17-14-11-2)48-54-58(8,9)51-45-42-39-36-33-30-27-24-21-18-15-12-3;;;/h10-54H2,1-9H3;3*1H/q+3;;;/p-3. The Labute approximate surface area is 419 Å². The van der Waals surface area contributed by atoms with Gasteiger partial charge >= 0.3 is 0 Å². The summed E-state index contributed by atoms with van der Waals surface area (Å²) in [6.45, 7) is 18.6. The minimum atomic E-state index is 0. The smallest absolute Gasteiger partial charge is 0.0911 e. The van der Waals surface area contributed by atoms with Gasteiger partial charge in [0.2, 0.25) is 0 Å². The van der Waals surface area contributed by atoms with Crippen LogP contribution >= 0.6 is 0 Å². The molecule has 0 aliphatic rings. The van der Waals surface area contributed by atoms with Gasteiger partial charge in [-0.25, -0.2) is 0 Å². The van der Waals surface area contributed by atoms with Crippen LogP contribution in [0.5, 0.6) is 0 Å². The van der Waals surface area contributed by atoms with Crippen LogP contribution in [0.1, 0.15) is 252 Å². The summed E-state index contributed by atoms with van der Waals surface area (Å²) >= 11 is 0. The van der Waals surface area contributed by atoms with Gasteiger partial charge in [-0.2, -0.15) is 0 Å². The van der Waals surface area contributed by atoms with Gasteiger partial charge in [0.15, 0.2) is 0 Å². The van der Waals surface area contributed by atoms with Crippen molar-refractivity contribution >= 4 is 0 Å². The largest absolute Gasteiger partial charge is 1.00 e. The fourth-order valence-electron chi connectivity index (χ4n) is 9.05. The Morgan fingerprint density at radius 3 is 0.525 bits per heavy atom. The van der Waals surface area contributed by atoms with Gasteiger partial charge in [0.1, 0.15) is 0 Å². The van der Waals surface area contributed by atoms with Gasteiger partial charge in [-0.1, -0.05) is 213 Å². The molecule has 0 bridgehead atoms. The number of halogens is 3. The van der Waals surface area contributed by atoms with Crippen molar-refractivity contribution in [2.24, 2.45) is 0 Å². The number of quaternary nitrogens is 3. The van der Waals surface area contributed by atoms with Crippen molar-refractivity contribution in [2.75, 3.05) is 101 Å². The third-order valence-corrected chi connectivity index (χ3v) is 13.9. The summed E-state index contributed by atoms with van der Waals surface area (Å²) in [4.78, 5) is 2.88. The van der Waals surface area contributed by atoms with E-state index < -0.39 is 0 Å². The minimum Gasteiger partial charge on any atom is -1.00 e. The van der Waals surface area contributed by atoms with E-state index in [9.17, 15) is 0 Å². The van der Waals surface area contributed by atoms with E-state index >= 15 is 0 Å². The molecule has 0 fully saturated rings. The molecule has 0 heterocycles. The fraction of sp³-hybridized carbons (Fsp3) is 1.00. The van der Waals surface area contributed by atoms with Gasteiger partial charge in [-0.05, 0) is 38.5 Å². The number of hydrogen-bond donors (Lipinski definition) is 0. The van der Waals surface area contributed by atoms with E-state index in [1.165, 1.54) is 304 Å². The zero-order valence-corrected chi connectivity index (χ0v) is 48.5. The molecule has 0 spiro atoms. The molecule has 374 valence electrons. The molecule has 0 rings (SSSR count). The van der Waals surface area contributed by atoms with E-state index in [-0.39, 0.29) is 50.9 Å². The highest BCUT2D eigenvalue weighted by atomic mass is 79.9. The maximum absolute atomic E-state index is 2.88. The number of nitrogens with zero attached hydrogens (tertiary/aromatic N) is 4. The van der Waals surface area contributed by atoms with Gasteiger partial charge in [-0.3, -0.25) is 4.90 Å². The molecule has 4 nitrogen and oxygen atoms in total. The van der Waals surface area contributed by atoms with Crippen LogP contribution in [-0.4, -0.2) is 120 Å². The highest BCUT2D eigenvalue weighted by molar-refractivity contribution is 4.60. The van der Waals surface area contributed by atoms with Gasteiger partial charge in [-0.15, -0.1) is 0 Å². The van der Waals surface area contributed by atoms with Gasteiger partial charge in [0.05, 0.1) is 81.6 Å². The lowest BCUT2D eigenvalue weighted by molar-refractivity contribution is -0.895. The lowest BCUT2D eigenvalue weighted by Gasteiger charge is -2.37. The van der Waals surface area contributed by atoms with Crippen molar-refractivity contribution in [3.8, 4) is 0 Å². The van der Waals surface area contributed by atoms with Crippen LogP contribution in [0, 0.1) is 0 Å². The Morgan fingerprint density at radius 2 is 0.361 bits per heavy atom. The Bertz CT molecular complexity index is 720. The van der Waals surface area contributed by atoms with Gasteiger partial charge < -0.3 is 64.4 Å². The number of hydrogen-bond acceptors (Lipinski definition) is 1. The summed E-state index contributed by atoms with van der Waals surface area (Å²) in [5.74, 6) is 0. The predicted octanol–water partition coefficient (Wildman–Crippen LogP) is 6.63. The van der Waals surface area contributed by atoms with Crippen molar-refractivity contribution in [2.45, 2.75) is 252 Å². The maximum atomic E-state index is 2.88. The highest BCUT2D eigenvalue weighted by Gasteiger charge is 2.23. The molecule has 0 saturated heterocycles. The van der Waals surface area contributed by atoms with Crippen molar-refractivity contribution in [1.29, 1.82) is 0 Å². The Balaban J connectivity index is -0.00000541. The Hall–Kier alpha value is 1.28. The SMILES string of the molecule is CCCCCCCCCCCCCC[N+](C)(C)CCN(CC[N+](C)(C)CCCCCCCCCCCCCC)CC[N+](C)(C)CCCCCCCCCCCCCC.[Br-].[Br-].[Br-]. The molecule has 0 saturated carbocycles. The Morgan fingerprint density at radius 1 is 0.213 bits per heavy atom. The predicted molar refractivity (Wildman–Crippen MR) is 265 cm³/mol. The van der Waals surface area contributed by atoms with Gasteiger partial charge in [0, 0.05) is 19.6 Å². The molecule has 0 unspecified atom stereocenters. The summed E-state index contributed by atoms with van der Waals surface area (Å²) in [7, 11) is 15.1. The molecular weight excluding hydrogens is 944 g/mol. The number of rotatable bonds is 48. The van der Waals surface area contributed by atoms with Crippen molar-refractivity contribution < 1.29 is 64.4 Å². The molecule has 61 heavy (non-hydrogen) atoms. The average Bonchev–Trinajstić information content (AvgIpc) is 3.18. The van der Waals surface area contributed by atoms with E-state index in [1.807, 2.05) is 0 Å². The van der Waals surface area contributed by atoms with E-state index in [4.69, 9.17) is 0 Å². The first-order valence-electron chi connectivity index (χ1n) is 27.2. The first-order chi connectivity index (χ1) is 28.0. The second kappa shape index (κ2) is 49.2. The van der Waals surface area contributed by atoms with Crippen LogP contribution in [0.15, 0.2) is 0 Å². The van der Waals surface area contributed by atoms with E-state index in [1.54, 1.807) is 0 Å². The van der Waals surface area contributed by atoms with Crippen LogP contribution in [0.25, 0.3) is 0 Å². The lowest BCUT2D eigenvalue weighted by Crippen LogP contribution is -3.00. The number of unbranched alkanes of at least 4 members (excludes halogenated alkanes) is 33. The molecule has 0 aliphatic carbocycles. The molecule has 0 atom stereocenters. The monoisotopic (exact) mass is 1060 g/mol. The summed E-state index contributed by atoms with van der Waals surface area (Å²) < 4.78 is 3.55. The summed E-state index contributed by atoms with van der Waals surface area (Å²) in [5, 5.41) is 0.